The number of thiazole rings is 1. The molecule has 130 valence electrons. The maximum atomic E-state index is 12.2. The van der Waals surface area contributed by atoms with Crippen LogP contribution < -0.4 is 16.6 Å². The van der Waals surface area contributed by atoms with Gasteiger partial charge in [-0.15, -0.1) is 11.3 Å². The number of carbonyl (C=O) groups excluding carboxylic acids is 1. The van der Waals surface area contributed by atoms with E-state index < -0.39 is 0 Å². The molecular weight excluding hydrogens is 326 g/mol. The minimum absolute atomic E-state index is 0.0147. The van der Waals surface area contributed by atoms with E-state index in [0.717, 1.165) is 35.7 Å². The van der Waals surface area contributed by atoms with E-state index in [1.807, 2.05) is 12.3 Å². The van der Waals surface area contributed by atoms with Crippen LogP contribution in [0.4, 0.5) is 0 Å². The number of amides is 1. The number of carbonyl (C=O) groups is 1. The van der Waals surface area contributed by atoms with Crippen LogP contribution in [0.25, 0.3) is 4.96 Å². The summed E-state index contributed by atoms with van der Waals surface area (Å²) in [6, 6.07) is 1.60. The molecular formula is C16H23N5O2S. The lowest BCUT2D eigenvalue weighted by Crippen LogP contribution is -2.43. The molecule has 2 aromatic heterocycles. The van der Waals surface area contributed by atoms with Crippen molar-refractivity contribution >= 4 is 22.2 Å². The Balaban J connectivity index is 1.69. The van der Waals surface area contributed by atoms with Gasteiger partial charge in [0.1, 0.15) is 0 Å². The molecule has 1 unspecified atom stereocenters. The Morgan fingerprint density at radius 1 is 1.54 bits per heavy atom. The number of nitrogens with two attached hydrogens (primary N) is 1. The maximum Gasteiger partial charge on any atom is 0.259 e. The summed E-state index contributed by atoms with van der Waals surface area (Å²) in [5.74, 6) is 0.0571. The Bertz CT molecular complexity index is 784. The lowest BCUT2D eigenvalue weighted by Gasteiger charge is -2.31. The van der Waals surface area contributed by atoms with Crippen molar-refractivity contribution in [2.24, 2.45) is 11.7 Å². The SMILES string of the molecule is Cc1csc2nc(CN3CCCC(C(=O)NCCN)C3)cc(=O)n12. The molecule has 2 aromatic rings. The van der Waals surface area contributed by atoms with Crippen molar-refractivity contribution in [3.05, 3.63) is 33.2 Å². The summed E-state index contributed by atoms with van der Waals surface area (Å²) in [5, 5.41) is 4.80. The number of hydrogen-bond acceptors (Lipinski definition) is 6. The molecule has 3 heterocycles. The average Bonchev–Trinajstić information content (AvgIpc) is 2.94. The molecule has 1 aliphatic heterocycles. The number of aryl methyl sites for hydroxylation is 1. The third-order valence-electron chi connectivity index (χ3n) is 4.33. The van der Waals surface area contributed by atoms with Crippen LogP contribution in [0.1, 0.15) is 24.2 Å². The summed E-state index contributed by atoms with van der Waals surface area (Å²) in [4.78, 5) is 31.9. The van der Waals surface area contributed by atoms with Gasteiger partial charge in [-0.2, -0.15) is 0 Å². The van der Waals surface area contributed by atoms with Gasteiger partial charge >= 0.3 is 0 Å². The zero-order valence-corrected chi connectivity index (χ0v) is 14.6. The number of likely N-dealkylation sites (tertiary alicyclic amines) is 1. The molecule has 1 amide bonds. The van der Waals surface area contributed by atoms with Crippen LogP contribution in [-0.4, -0.2) is 46.4 Å². The second-order valence-corrected chi connectivity index (χ2v) is 7.07. The lowest BCUT2D eigenvalue weighted by molar-refractivity contribution is -0.126. The van der Waals surface area contributed by atoms with Crippen molar-refractivity contribution in [3.63, 3.8) is 0 Å². The molecule has 1 aliphatic rings. The molecule has 0 aromatic carbocycles. The third kappa shape index (κ3) is 3.66. The number of aromatic nitrogens is 2. The molecule has 7 nitrogen and oxygen atoms in total. The van der Waals surface area contributed by atoms with Crippen LogP contribution in [0.2, 0.25) is 0 Å². The zero-order valence-electron chi connectivity index (χ0n) is 13.8. The number of nitrogens with one attached hydrogen (secondary N) is 1. The monoisotopic (exact) mass is 349 g/mol. The van der Waals surface area contributed by atoms with Gasteiger partial charge in [0.05, 0.1) is 11.6 Å². The average molecular weight is 349 g/mol. The predicted molar refractivity (Wildman–Crippen MR) is 94.1 cm³/mol. The predicted octanol–water partition coefficient (Wildman–Crippen LogP) is 0.351. The lowest BCUT2D eigenvalue weighted by atomic mass is 9.97. The summed E-state index contributed by atoms with van der Waals surface area (Å²) in [7, 11) is 0. The van der Waals surface area contributed by atoms with Crippen LogP contribution in [0.15, 0.2) is 16.2 Å². The highest BCUT2D eigenvalue weighted by atomic mass is 32.1. The minimum Gasteiger partial charge on any atom is -0.355 e. The highest BCUT2D eigenvalue weighted by Crippen LogP contribution is 2.19. The highest BCUT2D eigenvalue weighted by molar-refractivity contribution is 7.15. The van der Waals surface area contributed by atoms with E-state index in [1.165, 1.54) is 11.3 Å². The van der Waals surface area contributed by atoms with Gasteiger partial charge < -0.3 is 11.1 Å². The van der Waals surface area contributed by atoms with Crippen LogP contribution in [0.3, 0.4) is 0 Å². The van der Waals surface area contributed by atoms with Gasteiger partial charge in [0.25, 0.3) is 5.56 Å². The van der Waals surface area contributed by atoms with E-state index in [0.29, 0.717) is 26.2 Å². The molecule has 8 heteroatoms. The zero-order chi connectivity index (χ0) is 17.1. The number of rotatable bonds is 5. The fourth-order valence-electron chi connectivity index (χ4n) is 3.16. The van der Waals surface area contributed by atoms with Crippen LogP contribution in [-0.2, 0) is 11.3 Å². The van der Waals surface area contributed by atoms with Crippen molar-refractivity contribution in [3.8, 4) is 0 Å². The first-order valence-corrected chi connectivity index (χ1v) is 9.13. The first-order valence-electron chi connectivity index (χ1n) is 8.25. The molecule has 0 radical (unpaired) electrons. The molecule has 1 fully saturated rings. The molecule has 0 saturated carbocycles. The Hall–Kier alpha value is -1.77. The van der Waals surface area contributed by atoms with Gasteiger partial charge in [-0.1, -0.05) is 0 Å². The van der Waals surface area contributed by atoms with Crippen molar-refractivity contribution in [1.29, 1.82) is 0 Å². The molecule has 0 bridgehead atoms. The Morgan fingerprint density at radius 2 is 2.38 bits per heavy atom. The van der Waals surface area contributed by atoms with Crippen molar-refractivity contribution in [2.75, 3.05) is 26.2 Å². The molecule has 1 saturated heterocycles. The van der Waals surface area contributed by atoms with Gasteiger partial charge in [0, 0.05) is 43.3 Å². The summed E-state index contributed by atoms with van der Waals surface area (Å²) < 4.78 is 1.63. The van der Waals surface area contributed by atoms with Crippen LogP contribution in [0.5, 0.6) is 0 Å². The molecule has 24 heavy (non-hydrogen) atoms. The van der Waals surface area contributed by atoms with Gasteiger partial charge in [-0.25, -0.2) is 4.98 Å². The van der Waals surface area contributed by atoms with Gasteiger partial charge in [-0.3, -0.25) is 18.9 Å². The summed E-state index contributed by atoms with van der Waals surface area (Å²) in [5.41, 5.74) is 7.07. The first kappa shape index (κ1) is 17.1. The summed E-state index contributed by atoms with van der Waals surface area (Å²) in [6.07, 6.45) is 1.87. The Labute approximate surface area is 144 Å². The second kappa shape index (κ2) is 7.42. The number of hydrogen-bond donors (Lipinski definition) is 2. The van der Waals surface area contributed by atoms with E-state index in [9.17, 15) is 9.59 Å². The van der Waals surface area contributed by atoms with Gasteiger partial charge in [0.2, 0.25) is 5.91 Å². The molecule has 0 aliphatic carbocycles. The summed E-state index contributed by atoms with van der Waals surface area (Å²) in [6.45, 7) is 5.09. The number of piperidine rings is 1. The number of nitrogens with zero attached hydrogens (tertiary/aromatic N) is 3. The second-order valence-electron chi connectivity index (χ2n) is 6.23. The summed E-state index contributed by atoms with van der Waals surface area (Å²) >= 11 is 1.48. The molecule has 1 atom stereocenters. The van der Waals surface area contributed by atoms with E-state index in [1.54, 1.807) is 10.5 Å². The van der Waals surface area contributed by atoms with Crippen LogP contribution >= 0.6 is 11.3 Å². The molecule has 3 N–H and O–H groups in total. The van der Waals surface area contributed by atoms with Gasteiger partial charge in [0.15, 0.2) is 4.96 Å². The fourth-order valence-corrected chi connectivity index (χ4v) is 4.05. The highest BCUT2D eigenvalue weighted by Gasteiger charge is 2.25. The molecule has 0 spiro atoms. The Kier molecular flexibility index (Phi) is 5.27. The van der Waals surface area contributed by atoms with E-state index in [4.69, 9.17) is 5.73 Å². The van der Waals surface area contributed by atoms with Crippen molar-refractivity contribution in [1.82, 2.24) is 19.6 Å². The Morgan fingerprint density at radius 3 is 3.17 bits per heavy atom. The topological polar surface area (TPSA) is 92.7 Å². The van der Waals surface area contributed by atoms with Crippen molar-refractivity contribution < 1.29 is 4.79 Å². The van der Waals surface area contributed by atoms with Crippen LogP contribution in [0, 0.1) is 12.8 Å². The minimum atomic E-state index is -0.0389. The van der Waals surface area contributed by atoms with E-state index in [2.05, 4.69) is 15.2 Å². The van der Waals surface area contributed by atoms with Crippen molar-refractivity contribution in [2.45, 2.75) is 26.3 Å². The maximum absolute atomic E-state index is 12.2. The normalized spacial score (nSPS) is 18.8. The first-order chi connectivity index (χ1) is 11.6. The third-order valence-corrected chi connectivity index (χ3v) is 5.28. The standard InChI is InChI=1S/C16H23N5O2S/c1-11-10-24-16-19-13(7-14(22)21(11)16)9-20-6-2-3-12(8-20)15(23)18-5-4-17/h7,10,12H,2-6,8-9,17H2,1H3,(H,18,23). The van der Waals surface area contributed by atoms with Gasteiger partial charge in [-0.05, 0) is 26.3 Å². The molecule has 3 rings (SSSR count). The number of fused-ring (bicyclic) bond motifs is 1. The van der Waals surface area contributed by atoms with E-state index >= 15 is 0 Å². The fraction of sp³-hybridized carbons (Fsp3) is 0.562. The quantitative estimate of drug-likeness (QED) is 0.813. The largest absolute Gasteiger partial charge is 0.355 e. The smallest absolute Gasteiger partial charge is 0.259 e. The van der Waals surface area contributed by atoms with E-state index in [-0.39, 0.29) is 17.4 Å².